The highest BCUT2D eigenvalue weighted by atomic mass is 32.2. The average Bonchev–Trinajstić information content (AvgIpc) is 2.98. The summed E-state index contributed by atoms with van der Waals surface area (Å²) < 4.78 is 24.2. The van der Waals surface area contributed by atoms with Crippen molar-refractivity contribution in [3.8, 4) is 6.07 Å². The topological polar surface area (TPSA) is 64.4 Å². The molecule has 1 saturated heterocycles. The smallest absolute Gasteiger partial charge is 0.211 e. The van der Waals surface area contributed by atoms with Gasteiger partial charge < -0.3 is 4.90 Å². The van der Waals surface area contributed by atoms with Crippen molar-refractivity contribution in [2.45, 2.75) is 19.3 Å². The van der Waals surface area contributed by atoms with Crippen molar-refractivity contribution in [1.29, 1.82) is 5.26 Å². The Morgan fingerprint density at radius 2 is 1.82 bits per heavy atom. The van der Waals surface area contributed by atoms with Crippen molar-refractivity contribution in [3.63, 3.8) is 0 Å². The third-order valence-electron chi connectivity index (χ3n) is 3.77. The van der Waals surface area contributed by atoms with Gasteiger partial charge in [-0.2, -0.15) is 9.57 Å². The zero-order chi connectivity index (χ0) is 12.5. The zero-order valence-corrected chi connectivity index (χ0v) is 11.0. The number of sulfonamides is 1. The van der Waals surface area contributed by atoms with E-state index in [9.17, 15) is 8.42 Å². The first-order valence-electron chi connectivity index (χ1n) is 6.00. The fraction of sp³-hybridized carbons (Fsp3) is 0.909. The van der Waals surface area contributed by atoms with Gasteiger partial charge in [0.15, 0.2) is 0 Å². The molecule has 96 valence electrons. The van der Waals surface area contributed by atoms with Gasteiger partial charge in [0.25, 0.3) is 0 Å². The van der Waals surface area contributed by atoms with Gasteiger partial charge >= 0.3 is 0 Å². The van der Waals surface area contributed by atoms with Gasteiger partial charge in [0, 0.05) is 39.1 Å². The molecule has 0 amide bonds. The van der Waals surface area contributed by atoms with Gasteiger partial charge in [-0.3, -0.25) is 0 Å². The molecule has 2 aliphatic rings. The molecule has 0 radical (unpaired) electrons. The van der Waals surface area contributed by atoms with Crippen LogP contribution in [0, 0.1) is 16.7 Å². The van der Waals surface area contributed by atoms with Crippen molar-refractivity contribution in [3.05, 3.63) is 0 Å². The summed E-state index contributed by atoms with van der Waals surface area (Å²) >= 11 is 0. The van der Waals surface area contributed by atoms with E-state index in [0.29, 0.717) is 19.5 Å². The molecule has 6 heteroatoms. The van der Waals surface area contributed by atoms with Crippen LogP contribution in [0.4, 0.5) is 0 Å². The van der Waals surface area contributed by atoms with Crippen LogP contribution in [0.5, 0.6) is 0 Å². The Kier molecular flexibility index (Phi) is 3.43. The Morgan fingerprint density at radius 3 is 2.24 bits per heavy atom. The SMILES string of the molecule is CS(=O)(=O)N1CCN(CC2(CC#N)CC2)CC1. The molecule has 5 nitrogen and oxygen atoms in total. The lowest BCUT2D eigenvalue weighted by Gasteiger charge is -2.35. The number of nitrogens with zero attached hydrogens (tertiary/aromatic N) is 3. The third-order valence-corrected chi connectivity index (χ3v) is 5.07. The van der Waals surface area contributed by atoms with Crippen LogP contribution < -0.4 is 0 Å². The molecular weight excluding hydrogens is 238 g/mol. The molecule has 0 N–H and O–H groups in total. The van der Waals surface area contributed by atoms with Crippen LogP contribution in [0.3, 0.4) is 0 Å². The largest absolute Gasteiger partial charge is 0.300 e. The van der Waals surface area contributed by atoms with Crippen molar-refractivity contribution < 1.29 is 8.42 Å². The summed E-state index contributed by atoms with van der Waals surface area (Å²) in [6.45, 7) is 3.71. The zero-order valence-electron chi connectivity index (χ0n) is 10.2. The van der Waals surface area contributed by atoms with Crippen LogP contribution in [0.1, 0.15) is 19.3 Å². The fourth-order valence-corrected chi connectivity index (χ4v) is 3.26. The third kappa shape index (κ3) is 3.18. The van der Waals surface area contributed by atoms with Crippen molar-refractivity contribution in [2.24, 2.45) is 5.41 Å². The van der Waals surface area contributed by atoms with Crippen LogP contribution in [0.15, 0.2) is 0 Å². The Balaban J connectivity index is 1.82. The molecule has 2 fully saturated rings. The number of piperazine rings is 1. The second-order valence-electron chi connectivity index (χ2n) is 5.27. The lowest BCUT2D eigenvalue weighted by Crippen LogP contribution is -2.49. The Hall–Kier alpha value is -0.640. The number of nitriles is 1. The normalized spacial score (nSPS) is 25.4. The van der Waals surface area contributed by atoms with E-state index in [1.165, 1.54) is 10.6 Å². The van der Waals surface area contributed by atoms with Gasteiger partial charge in [0.05, 0.1) is 12.3 Å². The lowest BCUT2D eigenvalue weighted by atomic mass is 10.0. The van der Waals surface area contributed by atoms with Crippen LogP contribution in [0.25, 0.3) is 0 Å². The molecule has 1 heterocycles. The maximum absolute atomic E-state index is 11.4. The Labute approximate surface area is 103 Å². The first-order valence-corrected chi connectivity index (χ1v) is 7.84. The average molecular weight is 257 g/mol. The van der Waals surface area contributed by atoms with E-state index in [0.717, 1.165) is 32.5 Å². The predicted octanol–water partition coefficient (Wildman–Crippen LogP) is 0.257. The van der Waals surface area contributed by atoms with Gasteiger partial charge in [0.2, 0.25) is 10.0 Å². The minimum absolute atomic E-state index is 0.224. The monoisotopic (exact) mass is 257 g/mol. The summed E-state index contributed by atoms with van der Waals surface area (Å²) in [5.74, 6) is 0. The summed E-state index contributed by atoms with van der Waals surface area (Å²) in [4.78, 5) is 2.30. The van der Waals surface area contributed by atoms with Crippen molar-refractivity contribution >= 4 is 10.0 Å². The van der Waals surface area contributed by atoms with E-state index in [2.05, 4.69) is 11.0 Å². The highest BCUT2D eigenvalue weighted by Gasteiger charge is 2.44. The van der Waals surface area contributed by atoms with E-state index in [-0.39, 0.29) is 5.41 Å². The van der Waals surface area contributed by atoms with Crippen LogP contribution in [-0.2, 0) is 10.0 Å². The minimum Gasteiger partial charge on any atom is -0.300 e. The first-order chi connectivity index (χ1) is 7.95. The molecule has 0 bridgehead atoms. The summed E-state index contributed by atoms with van der Waals surface area (Å²) in [7, 11) is -3.03. The summed E-state index contributed by atoms with van der Waals surface area (Å²) in [6.07, 6.45) is 4.19. The molecule has 0 aromatic rings. The Morgan fingerprint density at radius 1 is 1.24 bits per heavy atom. The van der Waals surface area contributed by atoms with E-state index < -0.39 is 10.0 Å². The summed E-state index contributed by atoms with van der Waals surface area (Å²) in [5.41, 5.74) is 0.224. The highest BCUT2D eigenvalue weighted by Crippen LogP contribution is 2.49. The molecule has 0 spiro atoms. The minimum atomic E-state index is -3.03. The predicted molar refractivity (Wildman–Crippen MR) is 64.8 cm³/mol. The molecule has 0 atom stereocenters. The fourth-order valence-electron chi connectivity index (χ4n) is 2.43. The number of rotatable bonds is 4. The molecule has 1 aliphatic carbocycles. The molecular formula is C11H19N3O2S. The van der Waals surface area contributed by atoms with Crippen molar-refractivity contribution in [1.82, 2.24) is 9.21 Å². The summed E-state index contributed by atoms with van der Waals surface area (Å²) in [6, 6.07) is 2.26. The van der Waals surface area contributed by atoms with E-state index in [4.69, 9.17) is 5.26 Å². The molecule has 0 unspecified atom stereocenters. The van der Waals surface area contributed by atoms with Gasteiger partial charge in [-0.25, -0.2) is 8.42 Å². The van der Waals surface area contributed by atoms with Crippen LogP contribution in [0.2, 0.25) is 0 Å². The molecule has 0 aromatic carbocycles. The lowest BCUT2D eigenvalue weighted by molar-refractivity contribution is 0.159. The second-order valence-corrected chi connectivity index (χ2v) is 7.26. The van der Waals surface area contributed by atoms with Crippen molar-refractivity contribution in [2.75, 3.05) is 39.0 Å². The van der Waals surface area contributed by atoms with Gasteiger partial charge in [0.1, 0.15) is 0 Å². The number of hydrogen-bond acceptors (Lipinski definition) is 4. The van der Waals surface area contributed by atoms with Gasteiger partial charge in [-0.1, -0.05) is 0 Å². The quantitative estimate of drug-likeness (QED) is 0.724. The molecule has 1 saturated carbocycles. The highest BCUT2D eigenvalue weighted by molar-refractivity contribution is 7.88. The second kappa shape index (κ2) is 4.56. The standard InChI is InChI=1S/C11H19N3O2S/c1-17(15,16)14-8-6-13(7-9-14)10-11(2-3-11)4-5-12/h2-4,6-10H2,1H3. The molecule has 1 aliphatic heterocycles. The summed E-state index contributed by atoms with van der Waals surface area (Å²) in [5, 5.41) is 8.76. The molecule has 2 rings (SSSR count). The maximum atomic E-state index is 11.4. The van der Waals surface area contributed by atoms with E-state index in [1.807, 2.05) is 0 Å². The molecule has 0 aromatic heterocycles. The maximum Gasteiger partial charge on any atom is 0.211 e. The van der Waals surface area contributed by atoms with Gasteiger partial charge in [-0.05, 0) is 18.3 Å². The Bertz CT molecular complexity index is 414. The van der Waals surface area contributed by atoms with Crippen LogP contribution >= 0.6 is 0 Å². The van der Waals surface area contributed by atoms with Crippen LogP contribution in [-0.4, -0.2) is 56.6 Å². The van der Waals surface area contributed by atoms with Gasteiger partial charge in [-0.15, -0.1) is 0 Å². The van der Waals surface area contributed by atoms with E-state index >= 15 is 0 Å². The molecule has 17 heavy (non-hydrogen) atoms. The first kappa shape index (κ1) is 12.8. The van der Waals surface area contributed by atoms with E-state index in [1.54, 1.807) is 0 Å². The number of hydrogen-bond donors (Lipinski definition) is 0.